The maximum atomic E-state index is 13.8. The van der Waals surface area contributed by atoms with Crippen molar-refractivity contribution in [3.63, 3.8) is 0 Å². The molecule has 0 spiro atoms. The van der Waals surface area contributed by atoms with Gasteiger partial charge >= 0.3 is 6.18 Å². The van der Waals surface area contributed by atoms with Crippen LogP contribution in [-0.2, 0) is 6.18 Å². The van der Waals surface area contributed by atoms with Crippen molar-refractivity contribution in [3.05, 3.63) is 35.1 Å². The van der Waals surface area contributed by atoms with Crippen LogP contribution in [0.4, 0.5) is 17.6 Å². The van der Waals surface area contributed by atoms with Gasteiger partial charge in [-0.25, -0.2) is 9.40 Å². The van der Waals surface area contributed by atoms with E-state index in [9.17, 15) is 22.4 Å². The molecular weight excluding hydrogens is 290 g/mol. The van der Waals surface area contributed by atoms with Crippen LogP contribution in [-0.4, -0.2) is 49.0 Å². The maximum Gasteiger partial charge on any atom is 0.419 e. The van der Waals surface area contributed by atoms with Gasteiger partial charge in [0.05, 0.1) is 11.1 Å². The highest BCUT2D eigenvalue weighted by Gasteiger charge is 2.35. The molecule has 1 saturated heterocycles. The van der Waals surface area contributed by atoms with E-state index in [0.717, 1.165) is 12.1 Å². The van der Waals surface area contributed by atoms with Gasteiger partial charge in [-0.1, -0.05) is 6.07 Å². The molecule has 0 aromatic heterocycles. The fourth-order valence-electron chi connectivity index (χ4n) is 2.05. The third kappa shape index (κ3) is 3.70. The average molecular weight is 305 g/mol. The lowest BCUT2D eigenvalue weighted by Gasteiger charge is -2.32. The standard InChI is InChI=1S/C13H15F4N3O/c1-19-5-7-20(8-6-19)18-12(21)9-3-2-4-10(11(9)14)13(15,16)17/h2-4H,5-8H2,1H3,(H,18,21). The number of piperazine rings is 1. The second kappa shape index (κ2) is 5.98. The predicted octanol–water partition coefficient (Wildman–Crippen LogP) is 1.74. The summed E-state index contributed by atoms with van der Waals surface area (Å²) in [6.07, 6.45) is -4.83. The van der Waals surface area contributed by atoms with Crippen LogP contribution in [0.3, 0.4) is 0 Å². The van der Waals surface area contributed by atoms with E-state index in [-0.39, 0.29) is 0 Å². The highest BCUT2D eigenvalue weighted by molar-refractivity contribution is 5.94. The molecule has 0 unspecified atom stereocenters. The van der Waals surface area contributed by atoms with Crippen molar-refractivity contribution in [2.24, 2.45) is 0 Å². The molecule has 1 amide bonds. The van der Waals surface area contributed by atoms with Gasteiger partial charge in [-0.2, -0.15) is 13.2 Å². The van der Waals surface area contributed by atoms with Crippen molar-refractivity contribution in [2.45, 2.75) is 6.18 Å². The Morgan fingerprint density at radius 2 is 1.81 bits per heavy atom. The molecule has 21 heavy (non-hydrogen) atoms. The fraction of sp³-hybridized carbons (Fsp3) is 0.462. The van der Waals surface area contributed by atoms with Crippen molar-refractivity contribution in [2.75, 3.05) is 33.2 Å². The maximum absolute atomic E-state index is 13.8. The van der Waals surface area contributed by atoms with Crippen LogP contribution in [0.25, 0.3) is 0 Å². The minimum atomic E-state index is -4.83. The smallest absolute Gasteiger partial charge is 0.304 e. The quantitative estimate of drug-likeness (QED) is 0.846. The van der Waals surface area contributed by atoms with Gasteiger partial charge in [0, 0.05) is 26.2 Å². The number of rotatable bonds is 2. The molecule has 8 heteroatoms. The van der Waals surface area contributed by atoms with Crippen molar-refractivity contribution in [3.8, 4) is 0 Å². The van der Waals surface area contributed by atoms with E-state index in [0.29, 0.717) is 32.2 Å². The topological polar surface area (TPSA) is 35.6 Å². The van der Waals surface area contributed by atoms with Gasteiger partial charge in [0.1, 0.15) is 5.82 Å². The summed E-state index contributed by atoms with van der Waals surface area (Å²) in [6, 6.07) is 2.67. The van der Waals surface area contributed by atoms with Gasteiger partial charge in [-0.05, 0) is 19.2 Å². The van der Waals surface area contributed by atoms with Crippen LogP contribution in [0.15, 0.2) is 18.2 Å². The molecule has 0 bridgehead atoms. The number of halogens is 4. The molecule has 4 nitrogen and oxygen atoms in total. The Morgan fingerprint density at radius 3 is 2.38 bits per heavy atom. The Bertz CT molecular complexity index is 525. The number of carbonyl (C=O) groups excluding carboxylic acids is 1. The van der Waals surface area contributed by atoms with E-state index in [2.05, 4.69) is 5.43 Å². The third-order valence-corrected chi connectivity index (χ3v) is 3.31. The molecule has 0 saturated carbocycles. The highest BCUT2D eigenvalue weighted by Crippen LogP contribution is 2.32. The number of amides is 1. The molecule has 1 aromatic rings. The third-order valence-electron chi connectivity index (χ3n) is 3.31. The molecule has 0 radical (unpaired) electrons. The summed E-state index contributed by atoms with van der Waals surface area (Å²) >= 11 is 0. The molecule has 116 valence electrons. The molecule has 1 aliphatic heterocycles. The Kier molecular flexibility index (Phi) is 4.48. The minimum absolute atomic E-state index is 0.531. The molecule has 1 aromatic carbocycles. The second-order valence-electron chi connectivity index (χ2n) is 4.90. The van der Waals surface area contributed by atoms with Crippen LogP contribution in [0, 0.1) is 5.82 Å². The number of benzene rings is 1. The Balaban J connectivity index is 2.13. The van der Waals surface area contributed by atoms with Crippen molar-refractivity contribution in [1.29, 1.82) is 0 Å². The predicted molar refractivity (Wildman–Crippen MR) is 67.9 cm³/mol. The van der Waals surface area contributed by atoms with E-state index in [1.165, 1.54) is 0 Å². The average Bonchev–Trinajstić information content (AvgIpc) is 2.40. The first-order valence-corrected chi connectivity index (χ1v) is 6.39. The monoisotopic (exact) mass is 305 g/mol. The molecule has 0 aliphatic carbocycles. The molecular formula is C13H15F4N3O. The number of nitrogens with zero attached hydrogens (tertiary/aromatic N) is 2. The van der Waals surface area contributed by atoms with E-state index >= 15 is 0 Å². The van der Waals surface area contributed by atoms with Gasteiger partial charge in [0.2, 0.25) is 0 Å². The van der Waals surface area contributed by atoms with Crippen LogP contribution in [0.1, 0.15) is 15.9 Å². The number of hydrogen-bond acceptors (Lipinski definition) is 3. The lowest BCUT2D eigenvalue weighted by molar-refractivity contribution is -0.140. The lowest BCUT2D eigenvalue weighted by Crippen LogP contribution is -2.52. The zero-order chi connectivity index (χ0) is 15.6. The highest BCUT2D eigenvalue weighted by atomic mass is 19.4. The summed E-state index contributed by atoms with van der Waals surface area (Å²) in [5.74, 6) is -2.42. The van der Waals surface area contributed by atoms with Gasteiger partial charge in [0.25, 0.3) is 5.91 Å². The van der Waals surface area contributed by atoms with Gasteiger partial charge in [-0.3, -0.25) is 10.2 Å². The van der Waals surface area contributed by atoms with E-state index in [1.807, 2.05) is 11.9 Å². The molecule has 1 heterocycles. The van der Waals surface area contributed by atoms with Gasteiger partial charge < -0.3 is 4.90 Å². The Morgan fingerprint density at radius 1 is 1.19 bits per heavy atom. The van der Waals surface area contributed by atoms with Crippen LogP contribution < -0.4 is 5.43 Å². The van der Waals surface area contributed by atoms with Crippen LogP contribution in [0.5, 0.6) is 0 Å². The summed E-state index contributed by atoms with van der Waals surface area (Å²) in [5.41, 5.74) is 0.391. The van der Waals surface area contributed by atoms with E-state index < -0.39 is 29.0 Å². The van der Waals surface area contributed by atoms with Gasteiger partial charge in [0.15, 0.2) is 0 Å². The number of hydrazine groups is 1. The first kappa shape index (κ1) is 15.7. The SMILES string of the molecule is CN1CCN(NC(=O)c2cccc(C(F)(F)F)c2F)CC1. The molecule has 1 aliphatic rings. The number of nitrogens with one attached hydrogen (secondary N) is 1. The van der Waals surface area contributed by atoms with Crippen LogP contribution in [0.2, 0.25) is 0 Å². The number of carbonyl (C=O) groups is 1. The summed E-state index contributed by atoms with van der Waals surface area (Å²) < 4.78 is 51.6. The van der Waals surface area contributed by atoms with Crippen molar-refractivity contribution >= 4 is 5.91 Å². The zero-order valence-corrected chi connectivity index (χ0v) is 11.4. The first-order chi connectivity index (χ1) is 9.79. The van der Waals surface area contributed by atoms with Crippen molar-refractivity contribution in [1.82, 2.24) is 15.3 Å². The van der Waals surface area contributed by atoms with E-state index in [4.69, 9.17) is 0 Å². The first-order valence-electron chi connectivity index (χ1n) is 6.39. The number of alkyl halides is 3. The lowest BCUT2D eigenvalue weighted by atomic mass is 10.1. The molecule has 1 fully saturated rings. The van der Waals surface area contributed by atoms with Gasteiger partial charge in [-0.15, -0.1) is 0 Å². The summed E-state index contributed by atoms with van der Waals surface area (Å²) in [6.45, 7) is 2.49. The van der Waals surface area contributed by atoms with E-state index in [1.54, 1.807) is 5.01 Å². The second-order valence-corrected chi connectivity index (χ2v) is 4.90. The zero-order valence-electron chi connectivity index (χ0n) is 11.4. The number of hydrogen-bond donors (Lipinski definition) is 1. The largest absolute Gasteiger partial charge is 0.419 e. The number of likely N-dealkylation sites (N-methyl/N-ethyl adjacent to an activating group) is 1. The molecule has 2 rings (SSSR count). The normalized spacial score (nSPS) is 17.8. The fourth-order valence-corrected chi connectivity index (χ4v) is 2.05. The summed E-state index contributed by atoms with van der Waals surface area (Å²) in [5, 5.41) is 1.57. The minimum Gasteiger partial charge on any atom is -0.304 e. The summed E-state index contributed by atoms with van der Waals surface area (Å²) in [4.78, 5) is 14.0. The van der Waals surface area contributed by atoms with Crippen LogP contribution >= 0.6 is 0 Å². The molecule has 0 atom stereocenters. The molecule has 1 N–H and O–H groups in total. The Labute approximate surface area is 119 Å². The Hall–Kier alpha value is -1.67. The summed E-state index contributed by atoms with van der Waals surface area (Å²) in [7, 11) is 1.92. The van der Waals surface area contributed by atoms with Crippen molar-refractivity contribution < 1.29 is 22.4 Å².